The van der Waals surface area contributed by atoms with Crippen molar-refractivity contribution in [2.24, 2.45) is 0 Å². The van der Waals surface area contributed by atoms with E-state index < -0.39 is 0 Å². The van der Waals surface area contributed by atoms with Gasteiger partial charge in [0, 0.05) is 5.39 Å². The molecular formula is C19H23N2O2S+. The molecule has 126 valence electrons. The largest absolute Gasteiger partial charge is 0.459 e. The molecule has 2 heterocycles. The summed E-state index contributed by atoms with van der Waals surface area (Å²) in [6.07, 6.45) is 0. The SMILES string of the molecule is Cc1ccsc1C[NH+](C)CC(=O)N[C@H](C)c1cc2ccccc2o1. The molecule has 0 radical (unpaired) electrons. The Kier molecular flexibility index (Phi) is 5.02. The second-order valence-corrected chi connectivity index (χ2v) is 7.31. The molecule has 1 amide bonds. The quantitative estimate of drug-likeness (QED) is 0.723. The molecule has 2 atom stereocenters. The van der Waals surface area contributed by atoms with Crippen LogP contribution < -0.4 is 10.2 Å². The second kappa shape index (κ2) is 7.20. The fourth-order valence-electron chi connectivity index (χ4n) is 2.78. The van der Waals surface area contributed by atoms with Crippen LogP contribution in [0.25, 0.3) is 11.0 Å². The number of quaternary nitrogens is 1. The maximum Gasteiger partial charge on any atom is 0.275 e. The molecule has 1 unspecified atom stereocenters. The van der Waals surface area contributed by atoms with Gasteiger partial charge in [-0.1, -0.05) is 18.2 Å². The molecule has 2 N–H and O–H groups in total. The number of carbonyl (C=O) groups excluding carboxylic acids is 1. The van der Waals surface area contributed by atoms with Crippen molar-refractivity contribution in [1.82, 2.24) is 5.32 Å². The van der Waals surface area contributed by atoms with E-state index in [1.807, 2.05) is 44.3 Å². The van der Waals surface area contributed by atoms with E-state index in [1.54, 1.807) is 11.3 Å². The van der Waals surface area contributed by atoms with Crippen molar-refractivity contribution >= 4 is 28.2 Å². The normalized spacial score (nSPS) is 13.8. The highest BCUT2D eigenvalue weighted by molar-refractivity contribution is 7.10. The average Bonchev–Trinajstić information content (AvgIpc) is 3.13. The first-order chi connectivity index (χ1) is 11.5. The van der Waals surface area contributed by atoms with Crippen molar-refractivity contribution in [3.63, 3.8) is 0 Å². The van der Waals surface area contributed by atoms with Crippen LogP contribution >= 0.6 is 11.3 Å². The molecule has 0 aliphatic carbocycles. The highest BCUT2D eigenvalue weighted by Gasteiger charge is 2.17. The summed E-state index contributed by atoms with van der Waals surface area (Å²) in [5, 5.41) is 6.19. The van der Waals surface area contributed by atoms with Crippen LogP contribution in [0.3, 0.4) is 0 Å². The van der Waals surface area contributed by atoms with E-state index >= 15 is 0 Å². The molecule has 0 bridgehead atoms. The predicted octanol–water partition coefficient (Wildman–Crippen LogP) is 2.69. The van der Waals surface area contributed by atoms with E-state index in [2.05, 4.69) is 23.7 Å². The lowest BCUT2D eigenvalue weighted by Gasteiger charge is -2.16. The summed E-state index contributed by atoms with van der Waals surface area (Å²) in [6.45, 7) is 5.38. The van der Waals surface area contributed by atoms with Crippen LogP contribution in [0.1, 0.15) is 29.2 Å². The van der Waals surface area contributed by atoms with Crippen molar-refractivity contribution in [2.45, 2.75) is 26.4 Å². The number of furan rings is 1. The van der Waals surface area contributed by atoms with Gasteiger partial charge in [0.2, 0.25) is 0 Å². The Bertz CT molecular complexity index is 804. The van der Waals surface area contributed by atoms with E-state index in [0.29, 0.717) is 6.54 Å². The number of benzene rings is 1. The standard InChI is InChI=1S/C19H22N2O2S/c1-13-8-9-24-18(13)11-21(3)12-19(22)20-14(2)17-10-15-6-4-5-7-16(15)23-17/h4-10,14H,11-12H2,1-3H3,(H,20,22)/p+1/t14-/m1/s1. The van der Waals surface area contributed by atoms with Crippen molar-refractivity contribution in [1.29, 1.82) is 0 Å². The molecule has 0 aliphatic heterocycles. The zero-order valence-corrected chi connectivity index (χ0v) is 15.1. The Morgan fingerprint density at radius 1 is 1.33 bits per heavy atom. The third-order valence-corrected chi connectivity index (χ3v) is 5.16. The van der Waals surface area contributed by atoms with Gasteiger partial charge in [0.1, 0.15) is 17.9 Å². The fraction of sp³-hybridized carbons (Fsp3) is 0.316. The van der Waals surface area contributed by atoms with E-state index in [1.165, 1.54) is 15.3 Å². The van der Waals surface area contributed by atoms with Gasteiger partial charge >= 0.3 is 0 Å². The van der Waals surface area contributed by atoms with Crippen LogP contribution in [0, 0.1) is 6.92 Å². The molecule has 0 fully saturated rings. The zero-order chi connectivity index (χ0) is 17.1. The summed E-state index contributed by atoms with van der Waals surface area (Å²) < 4.78 is 5.82. The topological polar surface area (TPSA) is 46.7 Å². The smallest absolute Gasteiger partial charge is 0.275 e. The Hall–Kier alpha value is -2.11. The maximum atomic E-state index is 12.3. The van der Waals surface area contributed by atoms with Crippen molar-refractivity contribution in [3.8, 4) is 0 Å². The Labute approximate surface area is 146 Å². The molecule has 0 saturated carbocycles. The summed E-state index contributed by atoms with van der Waals surface area (Å²) >= 11 is 1.75. The third kappa shape index (κ3) is 3.86. The number of thiophene rings is 1. The Balaban J connectivity index is 1.56. The first kappa shape index (κ1) is 16.7. The molecule has 0 saturated heterocycles. The van der Waals surface area contributed by atoms with Gasteiger partial charge in [-0.2, -0.15) is 0 Å². The van der Waals surface area contributed by atoms with Crippen LogP contribution in [-0.4, -0.2) is 19.5 Å². The number of para-hydroxylation sites is 1. The number of rotatable bonds is 6. The number of amides is 1. The fourth-order valence-corrected chi connectivity index (χ4v) is 3.80. The number of hydrogen-bond acceptors (Lipinski definition) is 3. The first-order valence-corrected chi connectivity index (χ1v) is 9.03. The highest BCUT2D eigenvalue weighted by atomic mass is 32.1. The molecule has 3 rings (SSSR count). The molecule has 2 aromatic heterocycles. The minimum Gasteiger partial charge on any atom is -0.459 e. The van der Waals surface area contributed by atoms with Gasteiger partial charge in [-0.25, -0.2) is 0 Å². The number of fused-ring (bicyclic) bond motifs is 1. The summed E-state index contributed by atoms with van der Waals surface area (Å²) in [5.74, 6) is 0.825. The summed E-state index contributed by atoms with van der Waals surface area (Å²) in [7, 11) is 2.05. The van der Waals surface area contributed by atoms with Gasteiger partial charge in [-0.15, -0.1) is 11.3 Å². The molecule has 0 spiro atoms. The third-order valence-electron chi connectivity index (χ3n) is 4.14. The van der Waals surface area contributed by atoms with E-state index in [9.17, 15) is 4.79 Å². The van der Waals surface area contributed by atoms with Gasteiger partial charge in [0.05, 0.1) is 18.0 Å². The number of nitrogens with one attached hydrogen (secondary N) is 2. The van der Waals surface area contributed by atoms with Gasteiger partial charge in [-0.3, -0.25) is 4.79 Å². The van der Waals surface area contributed by atoms with E-state index in [-0.39, 0.29) is 11.9 Å². The van der Waals surface area contributed by atoms with Crippen LogP contribution in [0.5, 0.6) is 0 Å². The highest BCUT2D eigenvalue weighted by Crippen LogP contribution is 2.23. The van der Waals surface area contributed by atoms with Crippen molar-refractivity contribution < 1.29 is 14.1 Å². The van der Waals surface area contributed by atoms with Gasteiger partial charge in [-0.05, 0) is 43.0 Å². The molecular weight excluding hydrogens is 320 g/mol. The van der Waals surface area contributed by atoms with E-state index in [0.717, 1.165) is 23.3 Å². The Morgan fingerprint density at radius 3 is 2.83 bits per heavy atom. The molecule has 0 aliphatic rings. The minimum atomic E-state index is -0.138. The summed E-state index contributed by atoms with van der Waals surface area (Å²) in [6, 6.07) is 11.9. The predicted molar refractivity (Wildman–Crippen MR) is 97.3 cm³/mol. The van der Waals surface area contributed by atoms with Gasteiger partial charge in [0.15, 0.2) is 6.54 Å². The molecule has 4 nitrogen and oxygen atoms in total. The monoisotopic (exact) mass is 343 g/mol. The lowest BCUT2D eigenvalue weighted by Crippen LogP contribution is -3.08. The minimum absolute atomic E-state index is 0.0367. The average molecular weight is 343 g/mol. The first-order valence-electron chi connectivity index (χ1n) is 8.15. The maximum absolute atomic E-state index is 12.3. The zero-order valence-electron chi connectivity index (χ0n) is 14.3. The van der Waals surface area contributed by atoms with E-state index in [4.69, 9.17) is 4.42 Å². The second-order valence-electron chi connectivity index (χ2n) is 6.31. The molecule has 5 heteroatoms. The Morgan fingerprint density at radius 2 is 2.12 bits per heavy atom. The number of aryl methyl sites for hydroxylation is 1. The van der Waals surface area contributed by atoms with Crippen LogP contribution in [0.4, 0.5) is 0 Å². The van der Waals surface area contributed by atoms with Crippen molar-refractivity contribution in [2.75, 3.05) is 13.6 Å². The van der Waals surface area contributed by atoms with Crippen LogP contribution in [0.15, 0.2) is 46.2 Å². The molecule has 3 aromatic rings. The van der Waals surface area contributed by atoms with Crippen LogP contribution in [-0.2, 0) is 11.3 Å². The lowest BCUT2D eigenvalue weighted by atomic mass is 10.2. The number of hydrogen-bond donors (Lipinski definition) is 2. The summed E-state index contributed by atoms with van der Waals surface area (Å²) in [5.41, 5.74) is 2.15. The molecule has 24 heavy (non-hydrogen) atoms. The lowest BCUT2D eigenvalue weighted by molar-refractivity contribution is -0.885. The number of carbonyl (C=O) groups is 1. The molecule has 1 aromatic carbocycles. The van der Waals surface area contributed by atoms with Gasteiger partial charge in [0.25, 0.3) is 5.91 Å². The summed E-state index contributed by atoms with van der Waals surface area (Å²) in [4.78, 5) is 14.8. The van der Waals surface area contributed by atoms with Crippen molar-refractivity contribution in [3.05, 3.63) is 58.0 Å². The van der Waals surface area contributed by atoms with Gasteiger partial charge < -0.3 is 14.6 Å². The van der Waals surface area contributed by atoms with Crippen LogP contribution in [0.2, 0.25) is 0 Å². The number of likely N-dealkylation sites (N-methyl/N-ethyl adjacent to an activating group) is 1.